The van der Waals surface area contributed by atoms with Crippen molar-refractivity contribution in [2.75, 3.05) is 10.6 Å². The molecule has 0 spiro atoms. The quantitative estimate of drug-likeness (QED) is 0.265. The van der Waals surface area contributed by atoms with Gasteiger partial charge in [-0.1, -0.05) is 59.8 Å². The summed E-state index contributed by atoms with van der Waals surface area (Å²) in [6.07, 6.45) is 1.50. The van der Waals surface area contributed by atoms with Crippen LogP contribution >= 0.6 is 23.4 Å². The van der Waals surface area contributed by atoms with Gasteiger partial charge in [0, 0.05) is 16.3 Å². The minimum Gasteiger partial charge on any atom is -0.467 e. The second-order valence-electron chi connectivity index (χ2n) is 8.03. The minimum atomic E-state index is -0.448. The van der Waals surface area contributed by atoms with Crippen molar-refractivity contribution in [3.63, 3.8) is 0 Å². The zero-order valence-corrected chi connectivity index (χ0v) is 20.9. The Morgan fingerprint density at radius 3 is 2.38 bits per heavy atom. The van der Waals surface area contributed by atoms with Crippen LogP contribution in [0.5, 0.6) is 0 Å². The molecule has 184 valence electrons. The number of thioether (sulfide) groups is 1. The Hall–Kier alpha value is -4.27. The second-order valence-corrected chi connectivity index (χ2v) is 9.53. The predicted molar refractivity (Wildman–Crippen MR) is 143 cm³/mol. The lowest BCUT2D eigenvalue weighted by atomic mass is 10.2. The molecule has 37 heavy (non-hydrogen) atoms. The first-order valence-corrected chi connectivity index (χ1v) is 12.5. The Balaban J connectivity index is 1.41. The Morgan fingerprint density at radius 2 is 1.62 bits per heavy atom. The largest absolute Gasteiger partial charge is 0.467 e. The number of nitrogens with zero attached hydrogens (tertiary/aromatic N) is 1. The van der Waals surface area contributed by atoms with Gasteiger partial charge < -0.3 is 15.1 Å². The van der Waals surface area contributed by atoms with Crippen LogP contribution < -0.4 is 10.6 Å². The zero-order chi connectivity index (χ0) is 25.8. The number of anilines is 2. The molecule has 0 aliphatic carbocycles. The number of rotatable bonds is 8. The van der Waals surface area contributed by atoms with Crippen LogP contribution in [0.25, 0.3) is 0 Å². The molecule has 0 saturated carbocycles. The molecular weight excluding hydrogens is 510 g/mol. The van der Waals surface area contributed by atoms with Gasteiger partial charge in [0.15, 0.2) is 0 Å². The Labute approximate surface area is 222 Å². The van der Waals surface area contributed by atoms with Crippen LogP contribution in [0.15, 0.2) is 117 Å². The third kappa shape index (κ3) is 5.45. The van der Waals surface area contributed by atoms with Crippen LogP contribution in [-0.2, 0) is 16.1 Å². The highest BCUT2D eigenvalue weighted by Crippen LogP contribution is 2.37. The number of hydrogen-bond acceptors (Lipinski definition) is 6. The summed E-state index contributed by atoms with van der Waals surface area (Å²) in [7, 11) is 0. The summed E-state index contributed by atoms with van der Waals surface area (Å²) in [5.41, 5.74) is 1.73. The molecule has 7 nitrogen and oxygen atoms in total. The number of carbonyl (C=O) groups is 3. The van der Waals surface area contributed by atoms with Gasteiger partial charge in [0.2, 0.25) is 0 Å². The highest BCUT2D eigenvalue weighted by molar-refractivity contribution is 8.04. The van der Waals surface area contributed by atoms with Gasteiger partial charge in [0.25, 0.3) is 17.7 Å². The number of carbonyl (C=O) groups excluding carboxylic acids is 3. The van der Waals surface area contributed by atoms with Crippen molar-refractivity contribution in [1.29, 1.82) is 0 Å². The van der Waals surface area contributed by atoms with Gasteiger partial charge in [0.05, 0.1) is 23.4 Å². The molecule has 5 rings (SSSR count). The molecule has 0 radical (unpaired) electrons. The van der Waals surface area contributed by atoms with E-state index in [9.17, 15) is 14.4 Å². The van der Waals surface area contributed by atoms with E-state index in [0.717, 1.165) is 16.7 Å². The molecule has 0 saturated heterocycles. The van der Waals surface area contributed by atoms with Crippen LogP contribution in [0.3, 0.4) is 0 Å². The number of benzene rings is 3. The van der Waals surface area contributed by atoms with E-state index < -0.39 is 11.8 Å². The molecule has 3 aromatic carbocycles. The van der Waals surface area contributed by atoms with E-state index in [4.69, 9.17) is 16.0 Å². The van der Waals surface area contributed by atoms with Gasteiger partial charge in [-0.2, -0.15) is 0 Å². The van der Waals surface area contributed by atoms with Crippen molar-refractivity contribution in [2.24, 2.45) is 0 Å². The van der Waals surface area contributed by atoms with Crippen molar-refractivity contribution in [3.05, 3.63) is 124 Å². The van der Waals surface area contributed by atoms with Gasteiger partial charge in [-0.3, -0.25) is 19.3 Å². The maximum atomic E-state index is 13.4. The molecule has 0 unspecified atom stereocenters. The summed E-state index contributed by atoms with van der Waals surface area (Å²) in [6, 6.07) is 26.4. The van der Waals surface area contributed by atoms with Crippen LogP contribution in [0.4, 0.5) is 11.4 Å². The van der Waals surface area contributed by atoms with Crippen LogP contribution in [0.2, 0.25) is 5.02 Å². The minimum absolute atomic E-state index is 0.0165. The maximum absolute atomic E-state index is 13.4. The maximum Gasteiger partial charge on any atom is 0.278 e. The molecule has 3 amide bonds. The first-order valence-electron chi connectivity index (χ1n) is 11.3. The van der Waals surface area contributed by atoms with Crippen LogP contribution in [-0.4, -0.2) is 22.6 Å². The van der Waals surface area contributed by atoms with Crippen molar-refractivity contribution in [2.45, 2.75) is 11.4 Å². The fraction of sp³-hybridized carbons (Fsp3) is 0.0357. The standard InChI is InChI=1S/C28H20ClN3O4S/c29-23-14-5-4-13-22(23)26(33)31-19-10-6-12-21(16-19)37-25-24(30-18-8-2-1-3-9-18)27(34)32(28(25)35)17-20-11-7-15-36-20/h1-16,30H,17H2,(H,31,33). The first kappa shape index (κ1) is 24.4. The third-order valence-corrected chi connectivity index (χ3v) is 6.90. The predicted octanol–water partition coefficient (Wildman–Crippen LogP) is 6.17. The number of imide groups is 1. The zero-order valence-electron chi connectivity index (χ0n) is 19.3. The summed E-state index contributed by atoms with van der Waals surface area (Å²) in [5.74, 6) is -0.738. The van der Waals surface area contributed by atoms with Gasteiger partial charge in [-0.15, -0.1) is 0 Å². The fourth-order valence-corrected chi connectivity index (χ4v) is 4.95. The molecule has 0 bridgehead atoms. The Bertz CT molecular complexity index is 1500. The monoisotopic (exact) mass is 529 g/mol. The van der Waals surface area contributed by atoms with Gasteiger partial charge in [0.1, 0.15) is 16.4 Å². The lowest BCUT2D eigenvalue weighted by molar-refractivity contribution is -0.138. The third-order valence-electron chi connectivity index (χ3n) is 5.49. The number of amides is 3. The van der Waals surface area contributed by atoms with Crippen molar-refractivity contribution in [3.8, 4) is 0 Å². The molecule has 4 aromatic rings. The molecule has 1 aromatic heterocycles. The summed E-state index contributed by atoms with van der Waals surface area (Å²) in [4.78, 5) is 41.5. The molecule has 0 atom stereocenters. The number of para-hydroxylation sites is 1. The van der Waals surface area contributed by atoms with Crippen molar-refractivity contribution < 1.29 is 18.8 Å². The average molecular weight is 530 g/mol. The topological polar surface area (TPSA) is 91.7 Å². The van der Waals surface area contributed by atoms with E-state index in [-0.39, 0.29) is 23.1 Å². The van der Waals surface area contributed by atoms with E-state index in [1.54, 1.807) is 60.7 Å². The number of furan rings is 1. The lowest BCUT2D eigenvalue weighted by Gasteiger charge is -2.13. The molecule has 2 heterocycles. The highest BCUT2D eigenvalue weighted by atomic mass is 35.5. The van der Waals surface area contributed by atoms with E-state index in [1.807, 2.05) is 30.3 Å². The SMILES string of the molecule is O=C(Nc1cccc(SC2=C(Nc3ccccc3)C(=O)N(Cc3ccco3)C2=O)c1)c1ccccc1Cl. The number of halogens is 1. The van der Waals surface area contributed by atoms with Crippen LogP contribution in [0.1, 0.15) is 16.1 Å². The lowest BCUT2D eigenvalue weighted by Crippen LogP contribution is -2.31. The molecule has 1 aliphatic rings. The molecule has 2 N–H and O–H groups in total. The van der Waals surface area contributed by atoms with Gasteiger partial charge >= 0.3 is 0 Å². The number of hydrogen-bond donors (Lipinski definition) is 2. The summed E-state index contributed by atoms with van der Waals surface area (Å²) in [6.45, 7) is 0.0165. The first-order chi connectivity index (χ1) is 18.0. The summed E-state index contributed by atoms with van der Waals surface area (Å²) in [5, 5.41) is 6.28. The smallest absolute Gasteiger partial charge is 0.278 e. The van der Waals surface area contributed by atoms with E-state index in [1.165, 1.54) is 6.26 Å². The molecular formula is C28H20ClN3O4S. The molecule has 0 fully saturated rings. The van der Waals surface area contributed by atoms with Gasteiger partial charge in [-0.25, -0.2) is 0 Å². The van der Waals surface area contributed by atoms with Crippen molar-refractivity contribution >= 4 is 52.5 Å². The van der Waals surface area contributed by atoms with E-state index in [0.29, 0.717) is 32.6 Å². The second kappa shape index (κ2) is 10.8. The van der Waals surface area contributed by atoms with Crippen molar-refractivity contribution in [1.82, 2.24) is 4.90 Å². The highest BCUT2D eigenvalue weighted by Gasteiger charge is 2.39. The summed E-state index contributed by atoms with van der Waals surface area (Å²) >= 11 is 7.29. The normalized spacial score (nSPS) is 13.3. The average Bonchev–Trinajstić information content (AvgIpc) is 3.49. The number of nitrogens with one attached hydrogen (secondary N) is 2. The van der Waals surface area contributed by atoms with E-state index >= 15 is 0 Å². The van der Waals surface area contributed by atoms with Crippen LogP contribution in [0, 0.1) is 0 Å². The fourth-order valence-electron chi connectivity index (χ4n) is 3.73. The van der Waals surface area contributed by atoms with Gasteiger partial charge in [-0.05, 0) is 54.6 Å². The Morgan fingerprint density at radius 1 is 0.865 bits per heavy atom. The van der Waals surface area contributed by atoms with E-state index in [2.05, 4.69) is 10.6 Å². The molecule has 9 heteroatoms. The Kier molecular flexibility index (Phi) is 7.11. The summed E-state index contributed by atoms with van der Waals surface area (Å²) < 4.78 is 5.36. The molecule has 1 aliphatic heterocycles.